The van der Waals surface area contributed by atoms with Gasteiger partial charge in [0.25, 0.3) is 11.5 Å². The van der Waals surface area contributed by atoms with Gasteiger partial charge in [0.2, 0.25) is 0 Å². The van der Waals surface area contributed by atoms with Crippen LogP contribution in [0.1, 0.15) is 34.8 Å². The minimum Gasteiger partial charge on any atom is -0.338 e. The van der Waals surface area contributed by atoms with E-state index in [1.54, 1.807) is 48.0 Å². The Balaban J connectivity index is 1.59. The first-order valence-electron chi connectivity index (χ1n) is 8.77. The van der Waals surface area contributed by atoms with Crippen LogP contribution < -0.4 is 5.56 Å². The number of hydrogen-bond donors (Lipinski definition) is 1. The van der Waals surface area contributed by atoms with E-state index in [1.165, 1.54) is 6.07 Å². The molecule has 0 radical (unpaired) electrons. The summed E-state index contributed by atoms with van der Waals surface area (Å²) in [5.74, 6) is 0.338. The van der Waals surface area contributed by atoms with E-state index >= 15 is 0 Å². The number of nitrogens with one attached hydrogen (secondary N) is 1. The van der Waals surface area contributed by atoms with Gasteiger partial charge in [-0.05, 0) is 25.0 Å². The van der Waals surface area contributed by atoms with E-state index in [-0.39, 0.29) is 17.4 Å². The summed E-state index contributed by atoms with van der Waals surface area (Å²) in [5, 5.41) is 0. The fraction of sp³-hybridized carbons (Fsp3) is 0.263. The molecule has 0 bridgehead atoms. The Bertz CT molecular complexity index is 990. The molecule has 1 atom stereocenters. The van der Waals surface area contributed by atoms with E-state index in [0.29, 0.717) is 35.9 Å². The Hall–Kier alpha value is -3.42. The third kappa shape index (κ3) is 3.74. The van der Waals surface area contributed by atoms with Crippen molar-refractivity contribution in [2.75, 3.05) is 13.1 Å². The van der Waals surface area contributed by atoms with Crippen molar-refractivity contribution in [1.29, 1.82) is 0 Å². The molecule has 0 unspecified atom stereocenters. The second kappa shape index (κ2) is 7.45. The number of hydrogen-bond acceptors (Lipinski definition) is 6. The standard InChI is InChI=1S/C19H18N6O2/c26-17-9-15(23-18(24-17)16-11-21-6-7-22-16)14-4-2-8-25(12-14)19(27)13-3-1-5-20-10-13/h1,3,5-7,9-11,14H,2,4,8,12H2,(H,23,24,26)/t14-/m1/s1. The van der Waals surface area contributed by atoms with Gasteiger partial charge < -0.3 is 9.88 Å². The van der Waals surface area contributed by atoms with Crippen LogP contribution in [0.5, 0.6) is 0 Å². The molecule has 8 heteroatoms. The Morgan fingerprint density at radius 1 is 1.19 bits per heavy atom. The first kappa shape index (κ1) is 17.0. The van der Waals surface area contributed by atoms with Crippen LogP contribution in [0.3, 0.4) is 0 Å². The zero-order chi connectivity index (χ0) is 18.6. The highest BCUT2D eigenvalue weighted by Gasteiger charge is 2.27. The maximum Gasteiger partial charge on any atom is 0.255 e. The Labute approximate surface area is 155 Å². The van der Waals surface area contributed by atoms with Gasteiger partial charge in [-0.15, -0.1) is 0 Å². The van der Waals surface area contributed by atoms with E-state index in [4.69, 9.17) is 0 Å². The molecule has 1 saturated heterocycles. The third-order valence-corrected chi connectivity index (χ3v) is 4.60. The zero-order valence-corrected chi connectivity index (χ0v) is 14.6. The SMILES string of the molecule is O=C(c1cccnc1)N1CCC[C@@H](c2cc(=O)[nH]c(-c3cnccn3)n2)C1. The summed E-state index contributed by atoms with van der Waals surface area (Å²) in [5.41, 5.74) is 1.51. The lowest BCUT2D eigenvalue weighted by Crippen LogP contribution is -2.39. The highest BCUT2D eigenvalue weighted by atomic mass is 16.2. The van der Waals surface area contributed by atoms with Gasteiger partial charge in [0.1, 0.15) is 5.69 Å². The number of pyridine rings is 1. The third-order valence-electron chi connectivity index (χ3n) is 4.60. The van der Waals surface area contributed by atoms with E-state index in [2.05, 4.69) is 24.9 Å². The van der Waals surface area contributed by atoms with Gasteiger partial charge in [-0.2, -0.15) is 0 Å². The molecule has 4 heterocycles. The van der Waals surface area contributed by atoms with E-state index in [9.17, 15) is 9.59 Å². The fourth-order valence-electron chi connectivity index (χ4n) is 3.30. The van der Waals surface area contributed by atoms with Gasteiger partial charge >= 0.3 is 0 Å². The van der Waals surface area contributed by atoms with Crippen molar-refractivity contribution >= 4 is 5.91 Å². The van der Waals surface area contributed by atoms with Gasteiger partial charge in [0.15, 0.2) is 5.82 Å². The van der Waals surface area contributed by atoms with Crippen molar-refractivity contribution in [2.24, 2.45) is 0 Å². The number of aromatic nitrogens is 5. The number of amides is 1. The van der Waals surface area contributed by atoms with Crippen molar-refractivity contribution in [3.63, 3.8) is 0 Å². The van der Waals surface area contributed by atoms with Crippen LogP contribution in [0.4, 0.5) is 0 Å². The molecule has 1 fully saturated rings. The predicted octanol–water partition coefficient (Wildman–Crippen LogP) is 1.64. The normalized spacial score (nSPS) is 16.9. The molecule has 136 valence electrons. The molecule has 8 nitrogen and oxygen atoms in total. The lowest BCUT2D eigenvalue weighted by Gasteiger charge is -2.32. The molecular weight excluding hydrogens is 344 g/mol. The molecule has 3 aromatic heterocycles. The molecule has 1 N–H and O–H groups in total. The van der Waals surface area contributed by atoms with Gasteiger partial charge in [0, 0.05) is 49.9 Å². The van der Waals surface area contributed by atoms with Gasteiger partial charge in [0.05, 0.1) is 17.5 Å². The molecule has 3 aromatic rings. The summed E-state index contributed by atoms with van der Waals surface area (Å²) in [6.07, 6.45) is 9.61. The molecule has 1 amide bonds. The van der Waals surface area contributed by atoms with Crippen molar-refractivity contribution in [1.82, 2.24) is 29.8 Å². The minimum absolute atomic E-state index is 0.00269. The molecule has 1 aliphatic rings. The summed E-state index contributed by atoms with van der Waals surface area (Å²) in [7, 11) is 0. The quantitative estimate of drug-likeness (QED) is 0.759. The number of rotatable bonds is 3. The van der Waals surface area contributed by atoms with Gasteiger partial charge in [-0.3, -0.25) is 19.6 Å². The first-order chi connectivity index (χ1) is 13.2. The summed E-state index contributed by atoms with van der Waals surface area (Å²) in [6.45, 7) is 1.20. The summed E-state index contributed by atoms with van der Waals surface area (Å²) < 4.78 is 0. The smallest absolute Gasteiger partial charge is 0.255 e. The molecular formula is C19H18N6O2. The second-order valence-corrected chi connectivity index (χ2v) is 6.44. The first-order valence-corrected chi connectivity index (χ1v) is 8.77. The highest BCUT2D eigenvalue weighted by Crippen LogP contribution is 2.26. The van der Waals surface area contributed by atoms with E-state index < -0.39 is 0 Å². The predicted molar refractivity (Wildman–Crippen MR) is 98.0 cm³/mol. The van der Waals surface area contributed by atoms with Crippen LogP contribution in [0.25, 0.3) is 11.5 Å². The van der Waals surface area contributed by atoms with Crippen LogP contribution in [0, 0.1) is 0 Å². The monoisotopic (exact) mass is 362 g/mol. The number of carbonyl (C=O) groups excluding carboxylic acids is 1. The Kier molecular flexibility index (Phi) is 4.69. The van der Waals surface area contributed by atoms with E-state index in [0.717, 1.165) is 12.8 Å². The van der Waals surface area contributed by atoms with Gasteiger partial charge in [-0.1, -0.05) is 0 Å². The molecule has 0 saturated carbocycles. The maximum atomic E-state index is 12.7. The number of piperidine rings is 1. The number of aromatic amines is 1. The van der Waals surface area contributed by atoms with Crippen molar-refractivity contribution < 1.29 is 4.79 Å². The largest absolute Gasteiger partial charge is 0.338 e. The van der Waals surface area contributed by atoms with Crippen LogP contribution in [0.15, 0.2) is 54.0 Å². The van der Waals surface area contributed by atoms with Crippen molar-refractivity contribution in [3.05, 3.63) is 70.8 Å². The van der Waals surface area contributed by atoms with Crippen LogP contribution >= 0.6 is 0 Å². The molecule has 27 heavy (non-hydrogen) atoms. The molecule has 0 aromatic carbocycles. The second-order valence-electron chi connectivity index (χ2n) is 6.44. The number of likely N-dealkylation sites (tertiary alicyclic amines) is 1. The van der Waals surface area contributed by atoms with Gasteiger partial charge in [-0.25, -0.2) is 9.97 Å². The van der Waals surface area contributed by atoms with Crippen LogP contribution in [-0.4, -0.2) is 48.8 Å². The van der Waals surface area contributed by atoms with Crippen LogP contribution in [-0.2, 0) is 0 Å². The fourth-order valence-corrected chi connectivity index (χ4v) is 3.30. The summed E-state index contributed by atoms with van der Waals surface area (Å²) >= 11 is 0. The average molecular weight is 362 g/mol. The van der Waals surface area contributed by atoms with Crippen molar-refractivity contribution in [3.8, 4) is 11.5 Å². The summed E-state index contributed by atoms with van der Waals surface area (Å²) in [6, 6.07) is 5.01. The average Bonchev–Trinajstić information content (AvgIpc) is 2.74. The number of H-pyrrole nitrogens is 1. The summed E-state index contributed by atoms with van der Waals surface area (Å²) in [4.78, 5) is 46.2. The minimum atomic E-state index is -0.239. The number of carbonyl (C=O) groups is 1. The Morgan fingerprint density at radius 2 is 2.07 bits per heavy atom. The van der Waals surface area contributed by atoms with Crippen molar-refractivity contribution in [2.45, 2.75) is 18.8 Å². The highest BCUT2D eigenvalue weighted by molar-refractivity contribution is 5.94. The molecule has 1 aliphatic heterocycles. The molecule has 0 spiro atoms. The lowest BCUT2D eigenvalue weighted by molar-refractivity contribution is 0.0705. The maximum absolute atomic E-state index is 12.7. The van der Waals surface area contributed by atoms with E-state index in [1.807, 2.05) is 0 Å². The Morgan fingerprint density at radius 3 is 2.85 bits per heavy atom. The molecule has 0 aliphatic carbocycles. The number of nitrogens with zero attached hydrogens (tertiary/aromatic N) is 5. The molecule has 4 rings (SSSR count). The zero-order valence-electron chi connectivity index (χ0n) is 14.6. The lowest BCUT2D eigenvalue weighted by atomic mass is 9.94. The topological polar surface area (TPSA) is 105 Å². The van der Waals surface area contributed by atoms with Crippen LogP contribution in [0.2, 0.25) is 0 Å².